The molecule has 0 unspecified atom stereocenters. The fourth-order valence-corrected chi connectivity index (χ4v) is 1.22. The number of hydrogen-bond donors (Lipinski definition) is 2. The van der Waals surface area contributed by atoms with Gasteiger partial charge >= 0.3 is 5.97 Å². The van der Waals surface area contributed by atoms with E-state index in [1.807, 2.05) is 0 Å². The zero-order valence-electron chi connectivity index (χ0n) is 8.75. The van der Waals surface area contributed by atoms with Crippen LogP contribution in [-0.4, -0.2) is 45.1 Å². The van der Waals surface area contributed by atoms with Crippen molar-refractivity contribution in [3.05, 3.63) is 24.0 Å². The van der Waals surface area contributed by atoms with Crippen LogP contribution >= 0.6 is 0 Å². The van der Waals surface area contributed by atoms with Gasteiger partial charge in [-0.25, -0.2) is 0 Å². The summed E-state index contributed by atoms with van der Waals surface area (Å²) >= 11 is 0. The van der Waals surface area contributed by atoms with E-state index in [4.69, 9.17) is 10.2 Å². The van der Waals surface area contributed by atoms with Crippen LogP contribution in [0.2, 0.25) is 0 Å². The molecule has 0 bridgehead atoms. The van der Waals surface area contributed by atoms with E-state index >= 15 is 0 Å². The average molecular weight is 224 g/mol. The number of hydrogen-bond acceptors (Lipinski definition) is 4. The summed E-state index contributed by atoms with van der Waals surface area (Å²) in [6.45, 7) is 1.59. The van der Waals surface area contributed by atoms with Gasteiger partial charge in [-0.15, -0.1) is 0 Å². The number of carbonyl (C=O) groups is 2. The van der Waals surface area contributed by atoms with E-state index in [-0.39, 0.29) is 24.4 Å². The van der Waals surface area contributed by atoms with E-state index in [2.05, 4.69) is 4.98 Å². The minimum Gasteiger partial charge on any atom is -0.506 e. The Morgan fingerprint density at radius 2 is 2.12 bits per heavy atom. The summed E-state index contributed by atoms with van der Waals surface area (Å²) in [5.41, 5.74) is 0.170. The first-order valence-corrected chi connectivity index (χ1v) is 4.69. The van der Waals surface area contributed by atoms with Crippen LogP contribution in [-0.2, 0) is 4.79 Å². The standard InChI is InChI=1S/C10H12N2O4/c1-2-12(6-9(14)15)10(16)7-3-8(13)5-11-4-7/h3-5,13H,2,6H2,1H3,(H,14,15). The SMILES string of the molecule is CCN(CC(=O)O)C(=O)c1cncc(O)c1. The number of rotatable bonds is 4. The maximum atomic E-state index is 11.8. The Kier molecular flexibility index (Phi) is 3.82. The Morgan fingerprint density at radius 3 is 2.62 bits per heavy atom. The number of carbonyl (C=O) groups excluding carboxylic acids is 1. The predicted molar refractivity (Wildman–Crippen MR) is 55.1 cm³/mol. The van der Waals surface area contributed by atoms with Gasteiger partial charge in [-0.1, -0.05) is 0 Å². The van der Waals surface area contributed by atoms with Gasteiger partial charge in [-0.3, -0.25) is 14.6 Å². The Labute approximate surface area is 92.1 Å². The molecule has 2 N–H and O–H groups in total. The molecule has 0 aromatic carbocycles. The van der Waals surface area contributed by atoms with Gasteiger partial charge in [0.05, 0.1) is 11.8 Å². The smallest absolute Gasteiger partial charge is 0.323 e. The van der Waals surface area contributed by atoms with Gasteiger partial charge in [0.1, 0.15) is 12.3 Å². The summed E-state index contributed by atoms with van der Waals surface area (Å²) in [7, 11) is 0. The quantitative estimate of drug-likeness (QED) is 0.769. The van der Waals surface area contributed by atoms with E-state index in [1.165, 1.54) is 18.5 Å². The molecule has 1 aromatic rings. The third kappa shape index (κ3) is 2.94. The van der Waals surface area contributed by atoms with Crippen LogP contribution in [0.15, 0.2) is 18.5 Å². The summed E-state index contributed by atoms with van der Waals surface area (Å²) in [5.74, 6) is -1.67. The van der Waals surface area contributed by atoms with E-state index in [0.717, 1.165) is 4.90 Å². The molecule has 1 aromatic heterocycles. The zero-order chi connectivity index (χ0) is 12.1. The van der Waals surface area contributed by atoms with Gasteiger partial charge < -0.3 is 15.1 Å². The molecule has 6 heteroatoms. The van der Waals surface area contributed by atoms with Crippen molar-refractivity contribution >= 4 is 11.9 Å². The van der Waals surface area contributed by atoms with Crippen molar-refractivity contribution in [1.82, 2.24) is 9.88 Å². The second-order valence-corrected chi connectivity index (χ2v) is 3.14. The van der Waals surface area contributed by atoms with Crippen LogP contribution in [0.3, 0.4) is 0 Å². The molecule has 0 aliphatic heterocycles. The van der Waals surface area contributed by atoms with Crippen molar-refractivity contribution in [3.63, 3.8) is 0 Å². The first-order chi connectivity index (χ1) is 7.54. The summed E-state index contributed by atoms with van der Waals surface area (Å²) in [4.78, 5) is 27.1. The first-order valence-electron chi connectivity index (χ1n) is 4.69. The van der Waals surface area contributed by atoms with Crippen molar-refractivity contribution < 1.29 is 19.8 Å². The molecule has 86 valence electrons. The number of carboxylic acids is 1. The lowest BCUT2D eigenvalue weighted by Crippen LogP contribution is -2.35. The molecule has 0 atom stereocenters. The monoisotopic (exact) mass is 224 g/mol. The number of carboxylic acid groups (broad SMARTS) is 1. The second kappa shape index (κ2) is 5.11. The summed E-state index contributed by atoms with van der Waals surface area (Å²) in [5, 5.41) is 17.8. The number of amides is 1. The second-order valence-electron chi connectivity index (χ2n) is 3.14. The zero-order valence-corrected chi connectivity index (χ0v) is 8.75. The number of pyridine rings is 1. The van der Waals surface area contributed by atoms with Crippen LogP contribution in [0.5, 0.6) is 5.75 Å². The van der Waals surface area contributed by atoms with Gasteiger partial charge in [0, 0.05) is 12.7 Å². The molecule has 0 saturated heterocycles. The molecule has 0 radical (unpaired) electrons. The Hall–Kier alpha value is -2.11. The minimum absolute atomic E-state index is 0.128. The van der Waals surface area contributed by atoms with Gasteiger partial charge in [-0.05, 0) is 13.0 Å². The van der Waals surface area contributed by atoms with Crippen molar-refractivity contribution in [2.75, 3.05) is 13.1 Å². The van der Waals surface area contributed by atoms with Gasteiger partial charge in [0.25, 0.3) is 5.91 Å². The Bertz CT molecular complexity index is 406. The Balaban J connectivity index is 2.86. The summed E-state index contributed by atoms with van der Waals surface area (Å²) in [6.07, 6.45) is 2.48. The molecule has 1 amide bonds. The molecule has 1 heterocycles. The maximum Gasteiger partial charge on any atom is 0.323 e. The minimum atomic E-state index is -1.08. The molecule has 0 saturated carbocycles. The maximum absolute atomic E-state index is 11.8. The molecule has 0 aliphatic rings. The number of aromatic hydroxyl groups is 1. The molecule has 16 heavy (non-hydrogen) atoms. The van der Waals surface area contributed by atoms with Crippen LogP contribution in [0.4, 0.5) is 0 Å². The van der Waals surface area contributed by atoms with Gasteiger partial charge in [0.2, 0.25) is 0 Å². The summed E-state index contributed by atoms with van der Waals surface area (Å²) in [6, 6.07) is 1.25. The van der Waals surface area contributed by atoms with Crippen molar-refractivity contribution in [1.29, 1.82) is 0 Å². The van der Waals surface area contributed by atoms with Crippen LogP contribution in [0.25, 0.3) is 0 Å². The third-order valence-corrected chi connectivity index (χ3v) is 1.97. The van der Waals surface area contributed by atoms with Gasteiger partial charge in [0.15, 0.2) is 0 Å². The predicted octanol–water partition coefficient (Wildman–Crippen LogP) is 0.334. The lowest BCUT2D eigenvalue weighted by Gasteiger charge is -2.18. The van der Waals surface area contributed by atoms with E-state index in [1.54, 1.807) is 6.92 Å². The largest absolute Gasteiger partial charge is 0.506 e. The lowest BCUT2D eigenvalue weighted by molar-refractivity contribution is -0.137. The van der Waals surface area contributed by atoms with Crippen LogP contribution < -0.4 is 0 Å². The molecule has 6 nitrogen and oxygen atoms in total. The van der Waals surface area contributed by atoms with Gasteiger partial charge in [-0.2, -0.15) is 0 Å². The highest BCUT2D eigenvalue weighted by atomic mass is 16.4. The Morgan fingerprint density at radius 1 is 1.44 bits per heavy atom. The molecule has 0 aliphatic carbocycles. The van der Waals surface area contributed by atoms with Crippen molar-refractivity contribution in [2.24, 2.45) is 0 Å². The highest BCUT2D eigenvalue weighted by molar-refractivity contribution is 5.95. The van der Waals surface area contributed by atoms with E-state index in [0.29, 0.717) is 0 Å². The highest BCUT2D eigenvalue weighted by Gasteiger charge is 2.17. The highest BCUT2D eigenvalue weighted by Crippen LogP contribution is 2.10. The molecule has 0 fully saturated rings. The van der Waals surface area contributed by atoms with Crippen LogP contribution in [0.1, 0.15) is 17.3 Å². The average Bonchev–Trinajstić information content (AvgIpc) is 2.24. The first kappa shape index (κ1) is 12.0. The molecular weight excluding hydrogens is 212 g/mol. The lowest BCUT2D eigenvalue weighted by atomic mass is 10.2. The number of aliphatic carboxylic acids is 1. The number of likely N-dealkylation sites (N-methyl/N-ethyl adjacent to an activating group) is 1. The topological polar surface area (TPSA) is 90.7 Å². The van der Waals surface area contributed by atoms with Crippen LogP contribution in [0, 0.1) is 0 Å². The number of nitrogens with zero attached hydrogens (tertiary/aromatic N) is 2. The summed E-state index contributed by atoms with van der Waals surface area (Å²) < 4.78 is 0. The third-order valence-electron chi connectivity index (χ3n) is 1.97. The van der Waals surface area contributed by atoms with E-state index in [9.17, 15) is 9.59 Å². The fraction of sp³-hybridized carbons (Fsp3) is 0.300. The van der Waals surface area contributed by atoms with E-state index < -0.39 is 11.9 Å². The molecule has 0 spiro atoms. The van der Waals surface area contributed by atoms with Crippen molar-refractivity contribution in [2.45, 2.75) is 6.92 Å². The number of aromatic nitrogens is 1. The fourth-order valence-electron chi connectivity index (χ4n) is 1.22. The molecule has 1 rings (SSSR count). The normalized spacial score (nSPS) is 9.81. The molecular formula is C10H12N2O4. The van der Waals surface area contributed by atoms with Crippen molar-refractivity contribution in [3.8, 4) is 5.75 Å².